The summed E-state index contributed by atoms with van der Waals surface area (Å²) in [5.74, 6) is 1.04. The number of carbonyl (C=O) groups is 1. The lowest BCUT2D eigenvalue weighted by atomic mass is 10.1. The molecule has 0 fully saturated rings. The smallest absolute Gasteiger partial charge is 0.289 e. The SMILES string of the molecule is C/C(=N\NC(=O)c1ccccn1)c1ccc2c(c1)OCO2. The molecule has 0 saturated heterocycles. The van der Waals surface area contributed by atoms with Gasteiger partial charge in [0, 0.05) is 11.8 Å². The second-order valence-corrected chi connectivity index (χ2v) is 4.42. The molecule has 6 nitrogen and oxygen atoms in total. The van der Waals surface area contributed by atoms with E-state index < -0.39 is 0 Å². The van der Waals surface area contributed by atoms with Crippen molar-refractivity contribution in [3.8, 4) is 11.5 Å². The molecule has 106 valence electrons. The molecule has 1 aromatic heterocycles. The van der Waals surface area contributed by atoms with Crippen LogP contribution in [0.15, 0.2) is 47.7 Å². The van der Waals surface area contributed by atoms with E-state index in [4.69, 9.17) is 9.47 Å². The lowest BCUT2D eigenvalue weighted by Gasteiger charge is -2.04. The Hall–Kier alpha value is -2.89. The van der Waals surface area contributed by atoms with Crippen LogP contribution in [0.3, 0.4) is 0 Å². The molecule has 0 saturated carbocycles. The number of aromatic nitrogens is 1. The summed E-state index contributed by atoms with van der Waals surface area (Å²) in [5, 5.41) is 4.08. The Kier molecular flexibility index (Phi) is 3.51. The summed E-state index contributed by atoms with van der Waals surface area (Å²) in [6, 6.07) is 10.6. The van der Waals surface area contributed by atoms with Crippen molar-refractivity contribution in [2.45, 2.75) is 6.92 Å². The Bertz CT molecular complexity index is 699. The number of rotatable bonds is 3. The van der Waals surface area contributed by atoms with Gasteiger partial charge in [-0.15, -0.1) is 0 Å². The van der Waals surface area contributed by atoms with Gasteiger partial charge < -0.3 is 9.47 Å². The Labute approximate surface area is 121 Å². The van der Waals surface area contributed by atoms with Crippen molar-refractivity contribution in [3.63, 3.8) is 0 Å². The molecule has 0 radical (unpaired) electrons. The summed E-state index contributed by atoms with van der Waals surface area (Å²) in [6.07, 6.45) is 1.56. The molecule has 0 atom stereocenters. The number of pyridine rings is 1. The van der Waals surface area contributed by atoms with Crippen LogP contribution >= 0.6 is 0 Å². The van der Waals surface area contributed by atoms with Gasteiger partial charge in [0.15, 0.2) is 11.5 Å². The van der Waals surface area contributed by atoms with Crippen LogP contribution in [0.5, 0.6) is 11.5 Å². The highest BCUT2D eigenvalue weighted by molar-refractivity contribution is 6.00. The molecule has 6 heteroatoms. The van der Waals surface area contributed by atoms with E-state index in [1.165, 1.54) is 0 Å². The van der Waals surface area contributed by atoms with Gasteiger partial charge in [0.1, 0.15) is 5.69 Å². The number of nitrogens with one attached hydrogen (secondary N) is 1. The molecule has 0 bridgehead atoms. The predicted octanol–water partition coefficient (Wildman–Crippen LogP) is 1.96. The molecular formula is C15H13N3O3. The van der Waals surface area contributed by atoms with Crippen molar-refractivity contribution >= 4 is 11.6 Å². The number of fused-ring (bicyclic) bond motifs is 1. The monoisotopic (exact) mass is 283 g/mol. The second-order valence-electron chi connectivity index (χ2n) is 4.42. The maximum absolute atomic E-state index is 11.8. The number of hydrazone groups is 1. The summed E-state index contributed by atoms with van der Waals surface area (Å²) in [6.45, 7) is 2.03. The molecule has 1 aliphatic rings. The zero-order valence-corrected chi connectivity index (χ0v) is 11.4. The fraction of sp³-hybridized carbons (Fsp3) is 0.133. The number of amides is 1. The standard InChI is InChI=1S/C15H13N3O3/c1-10(11-5-6-13-14(8-11)21-9-20-13)17-18-15(19)12-4-2-3-7-16-12/h2-8H,9H2,1H3,(H,18,19)/b17-10+. The Morgan fingerprint density at radius 2 is 2.10 bits per heavy atom. The van der Waals surface area contributed by atoms with Crippen LogP contribution < -0.4 is 14.9 Å². The molecule has 1 aromatic carbocycles. The number of benzene rings is 1. The first-order valence-corrected chi connectivity index (χ1v) is 6.40. The highest BCUT2D eigenvalue weighted by Crippen LogP contribution is 2.32. The number of hydrogen-bond acceptors (Lipinski definition) is 5. The third-order valence-corrected chi connectivity index (χ3v) is 3.01. The molecule has 0 spiro atoms. The maximum Gasteiger partial charge on any atom is 0.289 e. The Morgan fingerprint density at radius 1 is 1.24 bits per heavy atom. The highest BCUT2D eigenvalue weighted by atomic mass is 16.7. The lowest BCUT2D eigenvalue weighted by Crippen LogP contribution is -2.20. The first-order valence-electron chi connectivity index (χ1n) is 6.40. The highest BCUT2D eigenvalue weighted by Gasteiger charge is 2.14. The van der Waals surface area contributed by atoms with Crippen molar-refractivity contribution in [1.82, 2.24) is 10.4 Å². The van der Waals surface area contributed by atoms with Gasteiger partial charge in [-0.05, 0) is 37.3 Å². The normalized spacial score (nSPS) is 13.1. The predicted molar refractivity (Wildman–Crippen MR) is 76.5 cm³/mol. The van der Waals surface area contributed by atoms with Gasteiger partial charge in [-0.1, -0.05) is 6.07 Å². The minimum atomic E-state index is -0.351. The quantitative estimate of drug-likeness (QED) is 0.690. The van der Waals surface area contributed by atoms with Gasteiger partial charge in [-0.2, -0.15) is 5.10 Å². The van der Waals surface area contributed by atoms with E-state index in [0.29, 0.717) is 22.9 Å². The minimum Gasteiger partial charge on any atom is -0.454 e. The van der Waals surface area contributed by atoms with Gasteiger partial charge in [-0.3, -0.25) is 9.78 Å². The number of nitrogens with zero attached hydrogens (tertiary/aromatic N) is 2. The van der Waals surface area contributed by atoms with Crippen molar-refractivity contribution in [2.75, 3.05) is 6.79 Å². The fourth-order valence-electron chi connectivity index (χ4n) is 1.88. The molecule has 2 heterocycles. The Balaban J connectivity index is 1.73. The van der Waals surface area contributed by atoms with Gasteiger partial charge in [0.2, 0.25) is 6.79 Å². The zero-order valence-electron chi connectivity index (χ0n) is 11.4. The number of hydrogen-bond donors (Lipinski definition) is 1. The van der Waals surface area contributed by atoms with Crippen LogP contribution in [0.2, 0.25) is 0 Å². The van der Waals surface area contributed by atoms with Gasteiger partial charge in [-0.25, -0.2) is 5.43 Å². The van der Waals surface area contributed by atoms with E-state index in [-0.39, 0.29) is 12.7 Å². The topological polar surface area (TPSA) is 72.8 Å². The first-order chi connectivity index (χ1) is 10.2. The maximum atomic E-state index is 11.8. The van der Waals surface area contributed by atoms with E-state index in [1.54, 1.807) is 31.3 Å². The van der Waals surface area contributed by atoms with Crippen molar-refractivity contribution in [1.29, 1.82) is 0 Å². The van der Waals surface area contributed by atoms with E-state index >= 15 is 0 Å². The first kappa shape index (κ1) is 13.1. The van der Waals surface area contributed by atoms with Crippen LogP contribution in [0, 0.1) is 0 Å². The van der Waals surface area contributed by atoms with Crippen LogP contribution in [-0.2, 0) is 0 Å². The average molecular weight is 283 g/mol. The summed E-state index contributed by atoms with van der Waals surface area (Å²) < 4.78 is 10.6. The van der Waals surface area contributed by atoms with E-state index in [9.17, 15) is 4.79 Å². The van der Waals surface area contributed by atoms with Crippen molar-refractivity contribution in [2.24, 2.45) is 5.10 Å². The third kappa shape index (κ3) is 2.84. The molecule has 1 N–H and O–H groups in total. The summed E-state index contributed by atoms with van der Waals surface area (Å²) in [4.78, 5) is 15.8. The molecule has 1 amide bonds. The number of carbonyl (C=O) groups excluding carboxylic acids is 1. The largest absolute Gasteiger partial charge is 0.454 e. The van der Waals surface area contributed by atoms with E-state index in [0.717, 1.165) is 5.56 Å². The van der Waals surface area contributed by atoms with Gasteiger partial charge >= 0.3 is 0 Å². The van der Waals surface area contributed by atoms with Crippen LogP contribution in [0.1, 0.15) is 23.0 Å². The lowest BCUT2D eigenvalue weighted by molar-refractivity contribution is 0.0950. The molecular weight excluding hydrogens is 270 g/mol. The van der Waals surface area contributed by atoms with Gasteiger partial charge in [0.05, 0.1) is 5.71 Å². The van der Waals surface area contributed by atoms with Crippen LogP contribution in [0.4, 0.5) is 0 Å². The van der Waals surface area contributed by atoms with E-state index in [2.05, 4.69) is 15.5 Å². The van der Waals surface area contributed by atoms with Crippen LogP contribution in [-0.4, -0.2) is 23.4 Å². The van der Waals surface area contributed by atoms with Gasteiger partial charge in [0.25, 0.3) is 5.91 Å². The fourth-order valence-corrected chi connectivity index (χ4v) is 1.88. The van der Waals surface area contributed by atoms with Crippen molar-refractivity contribution in [3.05, 3.63) is 53.9 Å². The van der Waals surface area contributed by atoms with Crippen molar-refractivity contribution < 1.29 is 14.3 Å². The molecule has 1 aliphatic heterocycles. The zero-order chi connectivity index (χ0) is 14.7. The summed E-state index contributed by atoms with van der Waals surface area (Å²) in [5.41, 5.74) is 4.31. The van der Waals surface area contributed by atoms with Crippen LogP contribution in [0.25, 0.3) is 0 Å². The minimum absolute atomic E-state index is 0.228. The average Bonchev–Trinajstić information content (AvgIpc) is 3.00. The molecule has 2 aromatic rings. The summed E-state index contributed by atoms with van der Waals surface area (Å²) in [7, 11) is 0. The van der Waals surface area contributed by atoms with E-state index in [1.807, 2.05) is 18.2 Å². The summed E-state index contributed by atoms with van der Waals surface area (Å²) >= 11 is 0. The second kappa shape index (κ2) is 5.62. The number of ether oxygens (including phenoxy) is 2. The molecule has 0 aliphatic carbocycles. The Morgan fingerprint density at radius 3 is 2.90 bits per heavy atom. The molecule has 21 heavy (non-hydrogen) atoms. The third-order valence-electron chi connectivity index (χ3n) is 3.01. The molecule has 0 unspecified atom stereocenters. The molecule has 3 rings (SSSR count).